The normalized spacial score (nSPS) is 13.3. The number of hydrogen-bond acceptors (Lipinski definition) is 6. The maximum atomic E-state index is 12.9. The summed E-state index contributed by atoms with van der Waals surface area (Å²) in [6.07, 6.45) is 0.865. The van der Waals surface area contributed by atoms with Crippen LogP contribution in [-0.2, 0) is 16.1 Å². The smallest absolute Gasteiger partial charge is 0.249 e. The molecule has 0 N–H and O–H groups in total. The van der Waals surface area contributed by atoms with Gasteiger partial charge in [0.15, 0.2) is 0 Å². The number of aromatic nitrogens is 2. The van der Waals surface area contributed by atoms with Crippen molar-refractivity contribution in [3.8, 4) is 11.5 Å². The van der Waals surface area contributed by atoms with E-state index in [1.54, 1.807) is 17.0 Å². The average molecular weight is 480 g/mol. The number of hydrogen-bond donors (Lipinski definition) is 0. The number of benzene rings is 2. The number of hydrazone groups is 1. The fourth-order valence-corrected chi connectivity index (χ4v) is 3.94. The van der Waals surface area contributed by atoms with Gasteiger partial charge in [0.25, 0.3) is 0 Å². The summed E-state index contributed by atoms with van der Waals surface area (Å²) in [5.41, 5.74) is 2.53. The van der Waals surface area contributed by atoms with Crippen molar-refractivity contribution in [3.05, 3.63) is 71.1 Å². The first-order chi connectivity index (χ1) is 16.4. The van der Waals surface area contributed by atoms with Crippen LogP contribution in [0.2, 0.25) is 5.02 Å². The molecule has 0 bridgehead atoms. The zero-order valence-electron chi connectivity index (χ0n) is 19.1. The molecule has 176 valence electrons. The van der Waals surface area contributed by atoms with E-state index in [-0.39, 0.29) is 37.2 Å². The van der Waals surface area contributed by atoms with Gasteiger partial charge >= 0.3 is 0 Å². The highest BCUT2D eigenvalue weighted by atomic mass is 35.5. The molecule has 4 rings (SSSR count). The van der Waals surface area contributed by atoms with E-state index in [9.17, 15) is 9.59 Å². The van der Waals surface area contributed by atoms with Crippen molar-refractivity contribution in [2.45, 2.75) is 45.7 Å². The summed E-state index contributed by atoms with van der Waals surface area (Å²) < 4.78 is 5.75. The van der Waals surface area contributed by atoms with Gasteiger partial charge in [-0.15, -0.1) is 10.2 Å². The van der Waals surface area contributed by atoms with Gasteiger partial charge in [-0.1, -0.05) is 54.1 Å². The third-order valence-electron chi connectivity index (χ3n) is 5.57. The number of nitrogens with zero attached hydrogens (tertiary/aromatic N) is 5. The fraction of sp³-hybridized carbons (Fsp3) is 0.320. The second-order valence-electron chi connectivity index (χ2n) is 8.28. The predicted octanol–water partition coefficient (Wildman–Crippen LogP) is 4.54. The molecule has 1 aliphatic heterocycles. The van der Waals surface area contributed by atoms with Gasteiger partial charge in [-0.2, -0.15) is 5.10 Å². The lowest BCUT2D eigenvalue weighted by Crippen LogP contribution is -2.37. The minimum atomic E-state index is -0.165. The van der Waals surface area contributed by atoms with Crippen LogP contribution in [0.25, 0.3) is 11.5 Å². The summed E-state index contributed by atoms with van der Waals surface area (Å²) in [5.74, 6) is 0.280. The molecule has 1 aliphatic rings. The van der Waals surface area contributed by atoms with Crippen molar-refractivity contribution in [1.29, 1.82) is 0 Å². The summed E-state index contributed by atoms with van der Waals surface area (Å²) in [6, 6.07) is 16.9. The van der Waals surface area contributed by atoms with Crippen LogP contribution in [0.4, 0.5) is 0 Å². The third kappa shape index (κ3) is 5.51. The Balaban J connectivity index is 1.35. The lowest BCUT2D eigenvalue weighted by atomic mass is 10.1. The first-order valence-corrected chi connectivity index (χ1v) is 11.6. The van der Waals surface area contributed by atoms with Crippen molar-refractivity contribution in [2.24, 2.45) is 5.10 Å². The van der Waals surface area contributed by atoms with Crippen LogP contribution in [0.5, 0.6) is 0 Å². The molecular weight excluding hydrogens is 454 g/mol. The Bertz CT molecular complexity index is 1190. The zero-order chi connectivity index (χ0) is 24.1. The minimum Gasteiger partial charge on any atom is -0.419 e. The molecule has 9 heteroatoms. The maximum Gasteiger partial charge on any atom is 0.249 e. The Morgan fingerprint density at radius 3 is 2.53 bits per heavy atom. The molecular formula is C25H26ClN5O3. The number of rotatable bonds is 8. The molecule has 0 unspecified atom stereocenters. The number of carbonyl (C=O) groups is 2. The van der Waals surface area contributed by atoms with Crippen molar-refractivity contribution in [1.82, 2.24) is 20.1 Å². The topological polar surface area (TPSA) is 91.9 Å². The van der Waals surface area contributed by atoms with Crippen LogP contribution >= 0.6 is 11.6 Å². The van der Waals surface area contributed by atoms with E-state index in [0.29, 0.717) is 35.3 Å². The first-order valence-electron chi connectivity index (χ1n) is 11.2. The van der Waals surface area contributed by atoms with Crippen LogP contribution in [-0.4, -0.2) is 50.2 Å². The summed E-state index contributed by atoms with van der Waals surface area (Å²) in [5, 5.41) is 14.6. The molecule has 0 spiro atoms. The molecule has 2 amide bonds. The van der Waals surface area contributed by atoms with Gasteiger partial charge in [0, 0.05) is 25.3 Å². The van der Waals surface area contributed by atoms with Gasteiger partial charge in [-0.3, -0.25) is 9.59 Å². The van der Waals surface area contributed by atoms with Crippen molar-refractivity contribution in [3.63, 3.8) is 0 Å². The monoisotopic (exact) mass is 479 g/mol. The van der Waals surface area contributed by atoms with Gasteiger partial charge in [0.2, 0.25) is 23.6 Å². The van der Waals surface area contributed by atoms with Crippen molar-refractivity contribution in [2.75, 3.05) is 6.54 Å². The van der Waals surface area contributed by atoms with Crippen LogP contribution in [0, 0.1) is 0 Å². The predicted molar refractivity (Wildman–Crippen MR) is 129 cm³/mol. The molecule has 34 heavy (non-hydrogen) atoms. The minimum absolute atomic E-state index is 0.0786. The Morgan fingerprint density at radius 2 is 1.79 bits per heavy atom. The standard InChI is InChI=1S/C25H26ClN5O3/c1-17(2)30(16-22-27-28-25(34-22)19-10-6-7-11-20(19)26)23(32)12-13-24(33)31-15-14-21(29-31)18-8-4-3-5-9-18/h3-11,17H,12-16H2,1-2H3. The molecule has 0 fully saturated rings. The highest BCUT2D eigenvalue weighted by Gasteiger charge is 2.25. The Labute approximate surface area is 203 Å². The van der Waals surface area contributed by atoms with E-state index in [1.165, 1.54) is 5.01 Å². The Hall–Kier alpha value is -3.52. The van der Waals surface area contributed by atoms with Crippen LogP contribution in [0.1, 0.15) is 44.6 Å². The quantitative estimate of drug-likeness (QED) is 0.472. The fourth-order valence-electron chi connectivity index (χ4n) is 3.72. The van der Waals surface area contributed by atoms with E-state index in [1.807, 2.05) is 56.3 Å². The molecule has 1 aromatic heterocycles. The van der Waals surface area contributed by atoms with E-state index >= 15 is 0 Å². The first kappa shape index (κ1) is 23.6. The number of amides is 2. The van der Waals surface area contributed by atoms with Gasteiger partial charge in [0.1, 0.15) is 0 Å². The van der Waals surface area contributed by atoms with Crippen molar-refractivity contribution < 1.29 is 14.0 Å². The van der Waals surface area contributed by atoms with Gasteiger partial charge < -0.3 is 9.32 Å². The van der Waals surface area contributed by atoms with Crippen LogP contribution in [0.15, 0.2) is 64.1 Å². The maximum absolute atomic E-state index is 12.9. The second-order valence-corrected chi connectivity index (χ2v) is 8.68. The van der Waals surface area contributed by atoms with Gasteiger partial charge in [-0.05, 0) is 31.5 Å². The molecule has 0 saturated heterocycles. The zero-order valence-corrected chi connectivity index (χ0v) is 19.9. The van der Waals surface area contributed by atoms with Crippen LogP contribution < -0.4 is 0 Å². The highest BCUT2D eigenvalue weighted by Crippen LogP contribution is 2.26. The van der Waals surface area contributed by atoms with E-state index in [4.69, 9.17) is 16.0 Å². The molecule has 0 aliphatic carbocycles. The summed E-state index contributed by atoms with van der Waals surface area (Å²) >= 11 is 6.21. The van der Waals surface area contributed by atoms with Gasteiger partial charge in [0.05, 0.1) is 29.4 Å². The lowest BCUT2D eigenvalue weighted by molar-refractivity contribution is -0.138. The molecule has 8 nitrogen and oxygen atoms in total. The van der Waals surface area contributed by atoms with E-state index < -0.39 is 0 Å². The molecule has 2 aromatic carbocycles. The molecule has 0 atom stereocenters. The largest absolute Gasteiger partial charge is 0.419 e. The summed E-state index contributed by atoms with van der Waals surface area (Å²) in [4.78, 5) is 27.2. The lowest BCUT2D eigenvalue weighted by Gasteiger charge is -2.25. The van der Waals surface area contributed by atoms with Gasteiger partial charge in [-0.25, -0.2) is 5.01 Å². The van der Waals surface area contributed by atoms with E-state index in [2.05, 4.69) is 15.3 Å². The summed E-state index contributed by atoms with van der Waals surface area (Å²) in [7, 11) is 0. The average Bonchev–Trinajstić information content (AvgIpc) is 3.52. The third-order valence-corrected chi connectivity index (χ3v) is 5.90. The van der Waals surface area contributed by atoms with E-state index in [0.717, 1.165) is 11.3 Å². The Morgan fingerprint density at radius 1 is 1.06 bits per heavy atom. The number of carbonyl (C=O) groups excluding carboxylic acids is 2. The molecule has 3 aromatic rings. The highest BCUT2D eigenvalue weighted by molar-refractivity contribution is 6.33. The molecule has 0 saturated carbocycles. The summed E-state index contributed by atoms with van der Waals surface area (Å²) in [6.45, 7) is 4.49. The number of halogens is 1. The molecule has 0 radical (unpaired) electrons. The Kier molecular flexibility index (Phi) is 7.37. The van der Waals surface area contributed by atoms with Crippen molar-refractivity contribution >= 4 is 29.1 Å². The van der Waals surface area contributed by atoms with Crippen LogP contribution in [0.3, 0.4) is 0 Å². The SMILES string of the molecule is CC(C)N(Cc1nnc(-c2ccccc2Cl)o1)C(=O)CCC(=O)N1CCC(c2ccccc2)=N1. The molecule has 2 heterocycles. The second kappa shape index (κ2) is 10.6.